The Labute approximate surface area is 168 Å². The van der Waals surface area contributed by atoms with Crippen molar-refractivity contribution in [1.82, 2.24) is 10.6 Å². The van der Waals surface area contributed by atoms with Crippen LogP contribution in [0.5, 0.6) is 0 Å². The van der Waals surface area contributed by atoms with E-state index in [0.29, 0.717) is 30.6 Å². The predicted molar refractivity (Wildman–Crippen MR) is 108 cm³/mol. The maximum Gasteiger partial charge on any atom is 0.319 e. The average molecular weight is 419 g/mol. The van der Waals surface area contributed by atoms with E-state index in [1.807, 2.05) is 0 Å². The molecule has 0 aliphatic carbocycles. The minimum absolute atomic E-state index is 0.0586. The van der Waals surface area contributed by atoms with Gasteiger partial charge >= 0.3 is 6.03 Å². The van der Waals surface area contributed by atoms with Crippen molar-refractivity contribution in [3.63, 3.8) is 0 Å². The SMILES string of the molecule is O=C(Nc1cccc(C(=O)NCCc2ccc(F)cc2)c1)NC1CCS(=O)(=O)C1. The summed E-state index contributed by atoms with van der Waals surface area (Å²) in [6, 6.07) is 11.6. The number of carbonyl (C=O) groups excluding carboxylic acids is 2. The lowest BCUT2D eigenvalue weighted by Crippen LogP contribution is -2.38. The number of anilines is 1. The number of sulfone groups is 1. The fraction of sp³-hybridized carbons (Fsp3) is 0.300. The second-order valence-electron chi connectivity index (χ2n) is 6.91. The van der Waals surface area contributed by atoms with Crippen molar-refractivity contribution in [3.05, 3.63) is 65.5 Å². The summed E-state index contributed by atoms with van der Waals surface area (Å²) in [5, 5.41) is 8.03. The molecule has 3 amide bonds. The normalized spacial score (nSPS) is 17.5. The lowest BCUT2D eigenvalue weighted by molar-refractivity contribution is 0.0954. The van der Waals surface area contributed by atoms with Crippen LogP contribution in [0.2, 0.25) is 0 Å². The van der Waals surface area contributed by atoms with E-state index in [-0.39, 0.29) is 23.2 Å². The van der Waals surface area contributed by atoms with Crippen molar-refractivity contribution in [2.75, 3.05) is 23.4 Å². The highest BCUT2D eigenvalue weighted by atomic mass is 32.2. The molecule has 1 heterocycles. The number of amides is 3. The fourth-order valence-corrected chi connectivity index (χ4v) is 4.75. The molecule has 0 aromatic heterocycles. The zero-order chi connectivity index (χ0) is 20.9. The lowest BCUT2D eigenvalue weighted by atomic mass is 10.1. The van der Waals surface area contributed by atoms with Crippen molar-refractivity contribution in [2.45, 2.75) is 18.9 Å². The Morgan fingerprint density at radius 1 is 1.10 bits per heavy atom. The molecule has 154 valence electrons. The number of hydrogen-bond donors (Lipinski definition) is 3. The molecule has 2 aromatic rings. The molecule has 1 atom stereocenters. The third-order valence-corrected chi connectivity index (χ3v) is 6.33. The van der Waals surface area contributed by atoms with Crippen LogP contribution in [0.25, 0.3) is 0 Å². The van der Waals surface area contributed by atoms with Crippen molar-refractivity contribution >= 4 is 27.5 Å². The molecule has 3 N–H and O–H groups in total. The molecule has 0 spiro atoms. The molecule has 7 nitrogen and oxygen atoms in total. The molecule has 1 aliphatic heterocycles. The first-order valence-electron chi connectivity index (χ1n) is 9.21. The third-order valence-electron chi connectivity index (χ3n) is 4.56. The van der Waals surface area contributed by atoms with Gasteiger partial charge in [0.25, 0.3) is 5.91 Å². The van der Waals surface area contributed by atoms with Gasteiger partial charge in [0, 0.05) is 23.8 Å². The van der Waals surface area contributed by atoms with E-state index >= 15 is 0 Å². The number of hydrogen-bond acceptors (Lipinski definition) is 4. The van der Waals surface area contributed by atoms with Gasteiger partial charge in [0.2, 0.25) is 0 Å². The minimum atomic E-state index is -3.08. The Kier molecular flexibility index (Phi) is 6.48. The number of halogens is 1. The van der Waals surface area contributed by atoms with Crippen LogP contribution in [0.4, 0.5) is 14.9 Å². The summed E-state index contributed by atoms with van der Waals surface area (Å²) in [6.45, 7) is 0.388. The predicted octanol–water partition coefficient (Wildman–Crippen LogP) is 2.11. The monoisotopic (exact) mass is 419 g/mol. The number of benzene rings is 2. The van der Waals surface area contributed by atoms with E-state index < -0.39 is 21.9 Å². The van der Waals surface area contributed by atoms with E-state index in [0.717, 1.165) is 5.56 Å². The molecule has 1 unspecified atom stereocenters. The van der Waals surface area contributed by atoms with Crippen LogP contribution in [-0.4, -0.2) is 44.4 Å². The van der Waals surface area contributed by atoms with Crippen LogP contribution < -0.4 is 16.0 Å². The Balaban J connectivity index is 1.49. The smallest absolute Gasteiger partial charge is 0.319 e. The maximum atomic E-state index is 12.9. The average Bonchev–Trinajstić information content (AvgIpc) is 3.01. The van der Waals surface area contributed by atoms with Crippen molar-refractivity contribution in [1.29, 1.82) is 0 Å². The topological polar surface area (TPSA) is 104 Å². The molecule has 3 rings (SSSR count). The lowest BCUT2D eigenvalue weighted by Gasteiger charge is -2.13. The molecule has 29 heavy (non-hydrogen) atoms. The minimum Gasteiger partial charge on any atom is -0.352 e. The highest BCUT2D eigenvalue weighted by Gasteiger charge is 2.28. The maximum absolute atomic E-state index is 12.9. The van der Waals surface area contributed by atoms with Crippen molar-refractivity contribution in [2.24, 2.45) is 0 Å². The largest absolute Gasteiger partial charge is 0.352 e. The van der Waals surface area contributed by atoms with Gasteiger partial charge in [0.15, 0.2) is 9.84 Å². The quantitative estimate of drug-likeness (QED) is 0.667. The molecule has 1 saturated heterocycles. The Morgan fingerprint density at radius 2 is 1.86 bits per heavy atom. The van der Waals surface area contributed by atoms with E-state index in [2.05, 4.69) is 16.0 Å². The second kappa shape index (κ2) is 9.04. The highest BCUT2D eigenvalue weighted by Crippen LogP contribution is 2.13. The Morgan fingerprint density at radius 3 is 2.55 bits per heavy atom. The van der Waals surface area contributed by atoms with Gasteiger partial charge in [-0.05, 0) is 48.7 Å². The molecule has 0 bridgehead atoms. The third kappa shape index (κ3) is 6.28. The van der Waals surface area contributed by atoms with E-state index in [4.69, 9.17) is 0 Å². The van der Waals surface area contributed by atoms with Crippen LogP contribution in [0.1, 0.15) is 22.3 Å². The first-order valence-corrected chi connectivity index (χ1v) is 11.0. The standard InChI is InChI=1S/C20H22FN3O4S/c21-16-6-4-14(5-7-16)8-10-22-19(25)15-2-1-3-17(12-15)23-20(26)24-18-9-11-29(27,28)13-18/h1-7,12,18H,8-11,13H2,(H,22,25)(H2,23,24,26). The molecule has 1 aliphatic rings. The first kappa shape index (κ1) is 20.8. The van der Waals surface area contributed by atoms with Crippen LogP contribution in [0.15, 0.2) is 48.5 Å². The Hall–Kier alpha value is -2.94. The van der Waals surface area contributed by atoms with Crippen LogP contribution in [-0.2, 0) is 16.3 Å². The summed E-state index contributed by atoms with van der Waals surface area (Å²) >= 11 is 0. The number of rotatable bonds is 6. The van der Waals surface area contributed by atoms with Gasteiger partial charge in [-0.3, -0.25) is 4.79 Å². The van der Waals surface area contributed by atoms with E-state index in [1.54, 1.807) is 30.3 Å². The summed E-state index contributed by atoms with van der Waals surface area (Å²) in [6.07, 6.45) is 0.961. The summed E-state index contributed by atoms with van der Waals surface area (Å²) in [4.78, 5) is 24.4. The fourth-order valence-electron chi connectivity index (χ4n) is 3.07. The van der Waals surface area contributed by atoms with Gasteiger partial charge in [-0.15, -0.1) is 0 Å². The van der Waals surface area contributed by atoms with Gasteiger partial charge in [-0.25, -0.2) is 17.6 Å². The van der Waals surface area contributed by atoms with Gasteiger partial charge in [0.05, 0.1) is 11.5 Å². The highest BCUT2D eigenvalue weighted by molar-refractivity contribution is 7.91. The number of urea groups is 1. The Bertz CT molecular complexity index is 993. The van der Waals surface area contributed by atoms with Crippen molar-refractivity contribution in [3.8, 4) is 0 Å². The summed E-state index contributed by atoms with van der Waals surface area (Å²) in [5.74, 6) is -0.582. The first-order chi connectivity index (χ1) is 13.8. The molecular formula is C20H22FN3O4S. The van der Waals surface area contributed by atoms with E-state index in [9.17, 15) is 22.4 Å². The van der Waals surface area contributed by atoms with E-state index in [1.165, 1.54) is 18.2 Å². The summed E-state index contributed by atoms with van der Waals surface area (Å²) < 4.78 is 35.8. The zero-order valence-corrected chi connectivity index (χ0v) is 16.5. The molecule has 0 saturated carbocycles. The molecule has 2 aromatic carbocycles. The zero-order valence-electron chi connectivity index (χ0n) is 15.7. The number of nitrogens with one attached hydrogen (secondary N) is 3. The van der Waals surface area contributed by atoms with Crippen molar-refractivity contribution < 1.29 is 22.4 Å². The molecule has 1 fully saturated rings. The molecule has 9 heteroatoms. The van der Waals surface area contributed by atoms with Crippen LogP contribution >= 0.6 is 0 Å². The summed E-state index contributed by atoms with van der Waals surface area (Å²) in [7, 11) is -3.08. The number of carbonyl (C=O) groups is 2. The molecular weight excluding hydrogens is 397 g/mol. The summed E-state index contributed by atoms with van der Waals surface area (Å²) in [5.41, 5.74) is 1.72. The van der Waals surface area contributed by atoms with Gasteiger partial charge < -0.3 is 16.0 Å². The van der Waals surface area contributed by atoms with Gasteiger partial charge in [-0.2, -0.15) is 0 Å². The molecule has 0 radical (unpaired) electrons. The van der Waals surface area contributed by atoms with Crippen LogP contribution in [0.3, 0.4) is 0 Å². The van der Waals surface area contributed by atoms with Gasteiger partial charge in [-0.1, -0.05) is 18.2 Å². The second-order valence-corrected chi connectivity index (χ2v) is 9.14. The van der Waals surface area contributed by atoms with Crippen LogP contribution in [0, 0.1) is 5.82 Å². The van der Waals surface area contributed by atoms with Gasteiger partial charge in [0.1, 0.15) is 5.82 Å².